The third kappa shape index (κ3) is 8.09. The normalized spacial score (nSPS) is 14.0. The molecule has 1 N–H and O–H groups in total. The molecular weight excluding hydrogens is 424 g/mol. The first-order chi connectivity index (χ1) is 17.2. The Morgan fingerprint density at radius 1 is 0.743 bits per heavy atom. The van der Waals surface area contributed by atoms with Crippen LogP contribution in [0.15, 0.2) is 73.1 Å². The second-order valence-electron chi connectivity index (χ2n) is 10.7. The monoisotopic (exact) mass is 473 g/mol. The third-order valence-corrected chi connectivity index (χ3v) is 7.84. The van der Waals surface area contributed by atoms with Gasteiger partial charge in [-0.25, -0.2) is 9.55 Å². The molecular formula is C33H49N2+. The number of nitrogens with zero attached hydrogens (tertiary/aromatic N) is 1. The average Bonchev–Trinajstić information content (AvgIpc) is 3.35. The van der Waals surface area contributed by atoms with Crippen LogP contribution in [0.25, 0.3) is 0 Å². The summed E-state index contributed by atoms with van der Waals surface area (Å²) < 4.78 is 2.53. The zero-order valence-electron chi connectivity index (χ0n) is 22.6. The lowest BCUT2D eigenvalue weighted by Gasteiger charge is -2.37. The maximum absolute atomic E-state index is 3.71. The molecule has 2 aromatic carbocycles. The largest absolute Gasteiger partial charge is 0.258 e. The quantitative estimate of drug-likeness (QED) is 0.149. The molecule has 0 aliphatic rings. The van der Waals surface area contributed by atoms with Gasteiger partial charge in [0.1, 0.15) is 12.4 Å². The lowest BCUT2D eigenvalue weighted by Crippen LogP contribution is -2.43. The summed E-state index contributed by atoms with van der Waals surface area (Å²) in [5.41, 5.74) is 2.88. The van der Waals surface area contributed by atoms with Gasteiger partial charge >= 0.3 is 0 Å². The molecule has 0 saturated carbocycles. The van der Waals surface area contributed by atoms with E-state index in [-0.39, 0.29) is 5.41 Å². The summed E-state index contributed by atoms with van der Waals surface area (Å²) in [6.07, 6.45) is 20.1. The molecule has 2 heteroatoms. The predicted octanol–water partition coefficient (Wildman–Crippen LogP) is 8.92. The second-order valence-corrected chi connectivity index (χ2v) is 10.7. The van der Waals surface area contributed by atoms with E-state index in [2.05, 4.69) is 103 Å². The fraction of sp³-hybridized carbons (Fsp3) is 0.545. The average molecular weight is 474 g/mol. The standard InChI is InChI=1S/C33H48N2/c1-4-6-8-9-10-11-12-19-26-35-27-25-34-32(35)31(24-7-5-2)33(3,30-22-17-14-18-23-30)28-29-20-15-13-16-21-29/h13-18,20-23,25,27,31H,4-12,19,24,26,28H2,1-3H3/p+1. The molecule has 3 aromatic rings. The lowest BCUT2D eigenvalue weighted by atomic mass is 9.66. The molecule has 0 aliphatic heterocycles. The van der Waals surface area contributed by atoms with E-state index in [4.69, 9.17) is 0 Å². The van der Waals surface area contributed by atoms with Crippen LogP contribution in [-0.4, -0.2) is 4.98 Å². The number of aromatic amines is 1. The summed E-state index contributed by atoms with van der Waals surface area (Å²) in [6.45, 7) is 8.23. The van der Waals surface area contributed by atoms with Crippen molar-refractivity contribution in [2.45, 2.75) is 116 Å². The minimum Gasteiger partial charge on any atom is -0.247 e. The summed E-state index contributed by atoms with van der Waals surface area (Å²) in [5.74, 6) is 1.85. The molecule has 0 saturated heterocycles. The number of rotatable bonds is 17. The molecule has 3 rings (SSSR count). The Bertz CT molecular complexity index is 930. The number of benzene rings is 2. The minimum atomic E-state index is 0.0175. The van der Waals surface area contributed by atoms with E-state index in [1.807, 2.05) is 0 Å². The Morgan fingerprint density at radius 3 is 2.00 bits per heavy atom. The van der Waals surface area contributed by atoms with Crippen LogP contribution >= 0.6 is 0 Å². The summed E-state index contributed by atoms with van der Waals surface area (Å²) in [7, 11) is 0. The van der Waals surface area contributed by atoms with Gasteiger partial charge in [0, 0.05) is 5.41 Å². The number of hydrogen-bond acceptors (Lipinski definition) is 0. The fourth-order valence-corrected chi connectivity index (χ4v) is 5.72. The molecule has 0 amide bonds. The van der Waals surface area contributed by atoms with Gasteiger partial charge in [-0.2, -0.15) is 0 Å². The van der Waals surface area contributed by atoms with Crippen molar-refractivity contribution in [1.29, 1.82) is 0 Å². The van der Waals surface area contributed by atoms with Crippen molar-refractivity contribution in [3.05, 3.63) is 90.0 Å². The highest BCUT2D eigenvalue weighted by molar-refractivity contribution is 5.32. The maximum atomic E-state index is 3.71. The molecule has 0 aliphatic carbocycles. The van der Waals surface area contributed by atoms with Crippen molar-refractivity contribution in [3.8, 4) is 0 Å². The molecule has 2 nitrogen and oxygen atoms in total. The summed E-state index contributed by atoms with van der Waals surface area (Å²) >= 11 is 0. The fourth-order valence-electron chi connectivity index (χ4n) is 5.72. The summed E-state index contributed by atoms with van der Waals surface area (Å²) in [4.78, 5) is 3.71. The van der Waals surface area contributed by atoms with Gasteiger partial charge in [0.25, 0.3) is 5.82 Å². The van der Waals surface area contributed by atoms with Crippen molar-refractivity contribution in [1.82, 2.24) is 4.98 Å². The number of nitrogens with one attached hydrogen (secondary N) is 1. The number of unbranched alkanes of at least 4 members (excludes halogenated alkanes) is 8. The molecule has 0 radical (unpaired) electrons. The Kier molecular flexibility index (Phi) is 11.6. The van der Waals surface area contributed by atoms with Gasteiger partial charge < -0.3 is 0 Å². The minimum absolute atomic E-state index is 0.0175. The molecule has 1 heterocycles. The van der Waals surface area contributed by atoms with Gasteiger partial charge in [-0.15, -0.1) is 0 Å². The van der Waals surface area contributed by atoms with Crippen LogP contribution in [0, 0.1) is 0 Å². The highest BCUT2D eigenvalue weighted by atomic mass is 15.1. The van der Waals surface area contributed by atoms with Crippen molar-refractivity contribution in [3.63, 3.8) is 0 Å². The van der Waals surface area contributed by atoms with Crippen molar-refractivity contribution in [2.75, 3.05) is 0 Å². The van der Waals surface area contributed by atoms with Crippen LogP contribution in [0.1, 0.15) is 114 Å². The van der Waals surface area contributed by atoms with Crippen LogP contribution < -0.4 is 4.57 Å². The van der Waals surface area contributed by atoms with Gasteiger partial charge in [-0.05, 0) is 36.8 Å². The van der Waals surface area contributed by atoms with Crippen LogP contribution in [0.5, 0.6) is 0 Å². The molecule has 2 unspecified atom stereocenters. The first-order valence-electron chi connectivity index (χ1n) is 14.3. The molecule has 2 atom stereocenters. The number of aryl methyl sites for hydroxylation is 1. The Balaban J connectivity index is 1.79. The van der Waals surface area contributed by atoms with Gasteiger partial charge in [-0.1, -0.05) is 133 Å². The van der Waals surface area contributed by atoms with E-state index in [0.29, 0.717) is 5.92 Å². The topological polar surface area (TPSA) is 19.7 Å². The first-order valence-corrected chi connectivity index (χ1v) is 14.3. The first kappa shape index (κ1) is 27.2. The van der Waals surface area contributed by atoms with Crippen molar-refractivity contribution >= 4 is 0 Å². The summed E-state index contributed by atoms with van der Waals surface area (Å²) in [6, 6.07) is 22.3. The second kappa shape index (κ2) is 14.9. The van der Waals surface area contributed by atoms with E-state index < -0.39 is 0 Å². The zero-order chi connectivity index (χ0) is 24.8. The van der Waals surface area contributed by atoms with Gasteiger partial charge in [0.05, 0.1) is 12.5 Å². The zero-order valence-corrected chi connectivity index (χ0v) is 22.6. The Morgan fingerprint density at radius 2 is 1.34 bits per heavy atom. The van der Waals surface area contributed by atoms with Crippen LogP contribution in [0.4, 0.5) is 0 Å². The van der Waals surface area contributed by atoms with E-state index in [0.717, 1.165) is 13.0 Å². The highest BCUT2D eigenvalue weighted by Crippen LogP contribution is 2.43. The van der Waals surface area contributed by atoms with E-state index in [9.17, 15) is 0 Å². The van der Waals surface area contributed by atoms with Crippen molar-refractivity contribution in [2.24, 2.45) is 0 Å². The number of imidazole rings is 1. The molecule has 0 fully saturated rings. The molecule has 0 bridgehead atoms. The SMILES string of the molecule is CCCCCCCCCC[n+]1cc[nH]c1C(CCCC)C(C)(Cc1ccccc1)c1ccccc1. The maximum Gasteiger partial charge on any atom is 0.258 e. The number of H-pyrrole nitrogens is 1. The van der Waals surface area contributed by atoms with Gasteiger partial charge in [0.15, 0.2) is 0 Å². The molecule has 190 valence electrons. The molecule has 0 spiro atoms. The van der Waals surface area contributed by atoms with Gasteiger partial charge in [-0.3, -0.25) is 0 Å². The van der Waals surface area contributed by atoms with Crippen molar-refractivity contribution < 1.29 is 4.57 Å². The molecule has 35 heavy (non-hydrogen) atoms. The van der Waals surface area contributed by atoms with Crippen LogP contribution in [0.3, 0.4) is 0 Å². The number of hydrogen-bond donors (Lipinski definition) is 1. The van der Waals surface area contributed by atoms with Gasteiger partial charge in [0.2, 0.25) is 0 Å². The van der Waals surface area contributed by atoms with E-state index in [1.165, 1.54) is 87.6 Å². The smallest absolute Gasteiger partial charge is 0.247 e. The Hall–Kier alpha value is -2.35. The highest BCUT2D eigenvalue weighted by Gasteiger charge is 2.41. The predicted molar refractivity (Wildman–Crippen MR) is 150 cm³/mol. The Labute approximate surface area is 215 Å². The summed E-state index contributed by atoms with van der Waals surface area (Å²) in [5, 5.41) is 0. The van der Waals surface area contributed by atoms with E-state index >= 15 is 0 Å². The van der Waals surface area contributed by atoms with Crippen LogP contribution in [0.2, 0.25) is 0 Å². The van der Waals surface area contributed by atoms with Crippen LogP contribution in [-0.2, 0) is 18.4 Å². The lowest BCUT2D eigenvalue weighted by molar-refractivity contribution is -0.705. The third-order valence-electron chi connectivity index (χ3n) is 7.84. The van der Waals surface area contributed by atoms with E-state index in [1.54, 1.807) is 0 Å². The molecule has 1 aromatic heterocycles. The number of aromatic nitrogens is 2.